The summed E-state index contributed by atoms with van der Waals surface area (Å²) in [4.78, 5) is 57.8. The summed E-state index contributed by atoms with van der Waals surface area (Å²) >= 11 is 0. The molecule has 2 aromatic carbocycles. The number of carbonyl (C=O) groups is 2. The minimum absolute atomic E-state index is 0. The number of imide groups is 1. The van der Waals surface area contributed by atoms with E-state index in [1.165, 1.54) is 4.90 Å². The Labute approximate surface area is 267 Å². The third kappa shape index (κ3) is 7.25. The number of H-pyrrole nitrogens is 2. The maximum atomic E-state index is 14.0. The van der Waals surface area contributed by atoms with Crippen LogP contribution in [0, 0.1) is 11.8 Å². The normalized spacial score (nSPS) is 19.1. The van der Waals surface area contributed by atoms with Gasteiger partial charge in [-0.2, -0.15) is 0 Å². The topological polar surface area (TPSA) is 179 Å². The second kappa shape index (κ2) is 14.3. The lowest BCUT2D eigenvalue weighted by atomic mass is 9.81. The van der Waals surface area contributed by atoms with E-state index in [0.717, 1.165) is 55.7 Å². The van der Waals surface area contributed by atoms with Crippen LogP contribution in [0.5, 0.6) is 0 Å². The predicted molar refractivity (Wildman–Crippen MR) is 177 cm³/mol. The van der Waals surface area contributed by atoms with E-state index in [4.69, 9.17) is 11.5 Å². The van der Waals surface area contributed by atoms with E-state index in [0.29, 0.717) is 48.0 Å². The number of hydrogen-bond donors (Lipinski definition) is 5. The van der Waals surface area contributed by atoms with Crippen molar-refractivity contribution in [3.05, 3.63) is 70.9 Å². The number of benzene rings is 2. The first-order valence-corrected chi connectivity index (χ1v) is 15.3. The first-order chi connectivity index (χ1) is 21.4. The molecule has 45 heavy (non-hydrogen) atoms. The number of amides is 2. The Bertz CT molecular complexity index is 1680. The van der Waals surface area contributed by atoms with Crippen LogP contribution in [0.4, 0.5) is 11.6 Å². The highest BCUT2D eigenvalue weighted by Gasteiger charge is 2.35. The molecule has 2 aromatic heterocycles. The third-order valence-electron chi connectivity index (χ3n) is 8.80. The van der Waals surface area contributed by atoms with Gasteiger partial charge in [0, 0.05) is 50.1 Å². The molecule has 0 radical (unpaired) electrons. The molecule has 7 N–H and O–H groups in total. The highest BCUT2D eigenvalue weighted by Crippen LogP contribution is 2.32. The molecule has 3 heterocycles. The average Bonchev–Trinajstić information content (AvgIpc) is 3.44. The van der Waals surface area contributed by atoms with Crippen LogP contribution in [-0.4, -0.2) is 70.5 Å². The number of imidazole rings is 1. The van der Waals surface area contributed by atoms with E-state index in [1.54, 1.807) is 18.2 Å². The summed E-state index contributed by atoms with van der Waals surface area (Å²) in [5.74, 6) is 0.0447. The third-order valence-corrected chi connectivity index (χ3v) is 8.80. The van der Waals surface area contributed by atoms with Gasteiger partial charge in [0.25, 0.3) is 5.91 Å². The van der Waals surface area contributed by atoms with E-state index in [2.05, 4.69) is 30.2 Å². The van der Waals surface area contributed by atoms with Crippen LogP contribution in [0.3, 0.4) is 0 Å². The van der Waals surface area contributed by atoms with E-state index < -0.39 is 11.9 Å². The van der Waals surface area contributed by atoms with Crippen LogP contribution in [0.25, 0.3) is 22.2 Å². The number of nitrogens with one attached hydrogen (secondary N) is 3. The van der Waals surface area contributed by atoms with Gasteiger partial charge in [0.05, 0.1) is 22.8 Å². The van der Waals surface area contributed by atoms with Crippen LogP contribution in [0.15, 0.2) is 59.7 Å². The molecular weight excluding hydrogens is 594 g/mol. The van der Waals surface area contributed by atoms with E-state index in [-0.39, 0.29) is 36.3 Å². The van der Waals surface area contributed by atoms with E-state index in [1.807, 2.05) is 36.7 Å². The molecule has 0 spiro atoms. The second-order valence-corrected chi connectivity index (χ2v) is 11.8. The molecule has 1 aliphatic heterocycles. The monoisotopic (exact) mass is 633 g/mol. The van der Waals surface area contributed by atoms with Crippen molar-refractivity contribution >= 4 is 46.9 Å². The van der Waals surface area contributed by atoms with Gasteiger partial charge < -0.3 is 31.7 Å². The van der Waals surface area contributed by atoms with E-state index in [9.17, 15) is 14.4 Å². The molecule has 238 valence electrons. The molecule has 2 aliphatic rings. The SMILES string of the molecule is Cl.NC[C@H]1CC[C@H](C(=O)N(C(=O)[C@@H](N)Cc2cccc(-c3cnc(N4CCNCC4)nc3)c2)c2ccc3[nH]c(=O)[nH]c3c2)CC1. The molecule has 0 bridgehead atoms. The van der Waals surface area contributed by atoms with Crippen molar-refractivity contribution in [2.45, 2.75) is 38.1 Å². The molecule has 13 heteroatoms. The Kier molecular flexibility index (Phi) is 10.3. The van der Waals surface area contributed by atoms with Gasteiger partial charge in [-0.05, 0) is 73.9 Å². The second-order valence-electron chi connectivity index (χ2n) is 11.8. The van der Waals surface area contributed by atoms with Gasteiger partial charge in [-0.1, -0.05) is 24.3 Å². The Morgan fingerprint density at radius 1 is 0.956 bits per heavy atom. The van der Waals surface area contributed by atoms with Gasteiger partial charge >= 0.3 is 5.69 Å². The molecule has 12 nitrogen and oxygen atoms in total. The van der Waals surface area contributed by atoms with E-state index >= 15 is 0 Å². The van der Waals surface area contributed by atoms with Crippen molar-refractivity contribution in [2.24, 2.45) is 23.3 Å². The number of anilines is 2. The molecule has 4 aromatic rings. The molecule has 0 unspecified atom stereocenters. The van der Waals surface area contributed by atoms with Gasteiger partial charge in [-0.3, -0.25) is 9.59 Å². The zero-order valence-corrected chi connectivity index (χ0v) is 25.9. The summed E-state index contributed by atoms with van der Waals surface area (Å²) in [6.07, 6.45) is 6.89. The Morgan fingerprint density at radius 3 is 2.38 bits per heavy atom. The predicted octanol–water partition coefficient (Wildman–Crippen LogP) is 2.34. The summed E-state index contributed by atoms with van der Waals surface area (Å²) in [7, 11) is 0. The van der Waals surface area contributed by atoms with Crippen molar-refractivity contribution in [1.82, 2.24) is 25.3 Å². The Balaban J connectivity index is 0.00000400. The lowest BCUT2D eigenvalue weighted by Crippen LogP contribution is -2.50. The number of aromatic amines is 2. The van der Waals surface area contributed by atoms with Crippen LogP contribution in [0.1, 0.15) is 31.2 Å². The highest BCUT2D eigenvalue weighted by atomic mass is 35.5. The molecule has 6 rings (SSSR count). The molecular formula is C32H40ClN9O3. The van der Waals surface area contributed by atoms with Crippen molar-refractivity contribution < 1.29 is 9.59 Å². The number of piperazine rings is 1. The molecule has 1 atom stereocenters. The first kappa shape index (κ1) is 32.3. The first-order valence-electron chi connectivity index (χ1n) is 15.3. The quantitative estimate of drug-likeness (QED) is 0.195. The molecule has 2 fully saturated rings. The smallest absolute Gasteiger partial charge is 0.323 e. The number of fused-ring (bicyclic) bond motifs is 1. The summed E-state index contributed by atoms with van der Waals surface area (Å²) in [5.41, 5.74) is 16.2. The number of nitrogens with two attached hydrogens (primary N) is 2. The number of hydrogen-bond acceptors (Lipinski definition) is 9. The van der Waals surface area contributed by atoms with Crippen molar-refractivity contribution in [3.8, 4) is 11.1 Å². The van der Waals surface area contributed by atoms with Crippen molar-refractivity contribution in [2.75, 3.05) is 42.5 Å². The van der Waals surface area contributed by atoms with Crippen LogP contribution < -0.4 is 32.3 Å². The lowest BCUT2D eigenvalue weighted by molar-refractivity contribution is -0.130. The van der Waals surface area contributed by atoms with Gasteiger partial charge in [0.15, 0.2) is 0 Å². The zero-order chi connectivity index (χ0) is 30.6. The van der Waals surface area contributed by atoms with Crippen LogP contribution in [0.2, 0.25) is 0 Å². The summed E-state index contributed by atoms with van der Waals surface area (Å²) in [6, 6.07) is 11.8. The van der Waals surface area contributed by atoms with Crippen LogP contribution >= 0.6 is 12.4 Å². The van der Waals surface area contributed by atoms with Crippen molar-refractivity contribution in [1.29, 1.82) is 0 Å². The fraction of sp³-hybridized carbons (Fsp3) is 0.406. The van der Waals surface area contributed by atoms with Gasteiger partial charge in [-0.25, -0.2) is 19.7 Å². The van der Waals surface area contributed by atoms with Gasteiger partial charge in [0.2, 0.25) is 11.9 Å². The van der Waals surface area contributed by atoms with Crippen molar-refractivity contribution in [3.63, 3.8) is 0 Å². The van der Waals surface area contributed by atoms with Gasteiger partial charge in [0.1, 0.15) is 0 Å². The number of aromatic nitrogens is 4. The summed E-state index contributed by atoms with van der Waals surface area (Å²) in [5, 5.41) is 3.33. The van der Waals surface area contributed by atoms with Gasteiger partial charge in [-0.15, -0.1) is 12.4 Å². The Hall–Kier alpha value is -4.10. The molecule has 1 saturated carbocycles. The fourth-order valence-electron chi connectivity index (χ4n) is 6.23. The highest BCUT2D eigenvalue weighted by molar-refractivity contribution is 6.17. The minimum atomic E-state index is -0.970. The standard InChI is InChI=1S/C32H39N9O3.ClH/c33-17-20-4-6-22(7-5-20)29(42)41(25-8-9-27-28(16-25)39-32(44)38-27)30(43)26(34)15-21-2-1-3-23(14-21)24-18-36-31(37-19-24)40-12-10-35-11-13-40;/h1-3,8-9,14,16,18-20,22,26,35H,4-7,10-13,15,17,33-34H2,(H2,38,39,44);1H/t20-,22-,26-;/m0./s1. The average molecular weight is 634 g/mol. The number of rotatable bonds is 8. The molecule has 1 aliphatic carbocycles. The number of nitrogens with zero attached hydrogens (tertiary/aromatic N) is 4. The summed E-state index contributed by atoms with van der Waals surface area (Å²) < 4.78 is 0. The Morgan fingerprint density at radius 2 is 1.67 bits per heavy atom. The zero-order valence-electron chi connectivity index (χ0n) is 25.1. The maximum Gasteiger partial charge on any atom is 0.323 e. The van der Waals surface area contributed by atoms with Crippen LogP contribution in [-0.2, 0) is 16.0 Å². The largest absolute Gasteiger partial charge is 0.338 e. The lowest BCUT2D eigenvalue weighted by Gasteiger charge is -2.32. The fourth-order valence-corrected chi connectivity index (χ4v) is 6.23. The maximum absolute atomic E-state index is 14.0. The molecule has 2 amide bonds. The number of carbonyl (C=O) groups excluding carboxylic acids is 2. The summed E-state index contributed by atoms with van der Waals surface area (Å²) in [6.45, 7) is 4.14. The molecule has 1 saturated heterocycles. The minimum Gasteiger partial charge on any atom is -0.338 e. The number of halogens is 1.